The van der Waals surface area contributed by atoms with Crippen molar-refractivity contribution < 1.29 is 31.8 Å². The van der Waals surface area contributed by atoms with Gasteiger partial charge in [-0.25, -0.2) is 0 Å². The molecule has 0 unspecified atom stereocenters. The van der Waals surface area contributed by atoms with E-state index in [1.165, 1.54) is 43.9 Å². The van der Waals surface area contributed by atoms with Crippen LogP contribution < -0.4 is 19.6 Å². The van der Waals surface area contributed by atoms with Crippen molar-refractivity contribution in [3.63, 3.8) is 0 Å². The Balaban J connectivity index is 1.59. The molecule has 0 spiro atoms. The summed E-state index contributed by atoms with van der Waals surface area (Å²) in [6.45, 7) is 0.717. The largest absolute Gasteiger partial charge is 0.497 e. The molecule has 3 aromatic rings. The zero-order valence-electron chi connectivity index (χ0n) is 18.6. The molecule has 0 radical (unpaired) electrons. The van der Waals surface area contributed by atoms with Gasteiger partial charge in [-0.15, -0.1) is 0 Å². The Morgan fingerprint density at radius 3 is 2.38 bits per heavy atom. The highest BCUT2D eigenvalue weighted by Crippen LogP contribution is 2.41. The van der Waals surface area contributed by atoms with E-state index < -0.39 is 23.1 Å². The maximum Gasteiger partial charge on any atom is 0.453 e. The first-order valence-electron chi connectivity index (χ1n) is 11.2. The van der Waals surface area contributed by atoms with E-state index >= 15 is 0 Å². The molecule has 180 valence electrons. The van der Waals surface area contributed by atoms with Crippen LogP contribution in [0.4, 0.5) is 13.2 Å². The van der Waals surface area contributed by atoms with Gasteiger partial charge in [-0.1, -0.05) is 19.3 Å². The third-order valence-electron chi connectivity index (χ3n) is 6.45. The molecule has 2 aliphatic rings. The van der Waals surface area contributed by atoms with Crippen LogP contribution in [0.25, 0.3) is 11.0 Å². The van der Waals surface area contributed by atoms with Gasteiger partial charge in [0.15, 0.2) is 0 Å². The van der Waals surface area contributed by atoms with Gasteiger partial charge in [0.05, 0.1) is 18.1 Å². The summed E-state index contributed by atoms with van der Waals surface area (Å²) in [6.07, 6.45) is 0.510. The van der Waals surface area contributed by atoms with Crippen LogP contribution in [0.1, 0.15) is 43.4 Å². The molecular formula is C25H24F3NO5. The van der Waals surface area contributed by atoms with Gasteiger partial charge < -0.3 is 18.6 Å². The highest BCUT2D eigenvalue weighted by Gasteiger charge is 2.41. The van der Waals surface area contributed by atoms with E-state index in [2.05, 4.69) is 4.90 Å². The van der Waals surface area contributed by atoms with Crippen molar-refractivity contribution in [2.45, 2.75) is 50.9 Å². The zero-order valence-corrected chi connectivity index (χ0v) is 18.6. The molecule has 1 aromatic heterocycles. The van der Waals surface area contributed by atoms with E-state index in [0.29, 0.717) is 36.4 Å². The highest BCUT2D eigenvalue weighted by molar-refractivity contribution is 5.84. The lowest BCUT2D eigenvalue weighted by molar-refractivity contribution is -0.154. The number of halogens is 3. The second kappa shape index (κ2) is 8.87. The molecule has 5 rings (SSSR count). The first-order valence-corrected chi connectivity index (χ1v) is 11.2. The summed E-state index contributed by atoms with van der Waals surface area (Å²) in [5, 5.41) is 0.0179. The fourth-order valence-corrected chi connectivity index (χ4v) is 4.69. The summed E-state index contributed by atoms with van der Waals surface area (Å²) < 4.78 is 63.7. The lowest BCUT2D eigenvalue weighted by atomic mass is 9.93. The van der Waals surface area contributed by atoms with Crippen LogP contribution in [-0.4, -0.2) is 24.8 Å². The quantitative estimate of drug-likeness (QED) is 0.455. The van der Waals surface area contributed by atoms with Crippen molar-refractivity contribution in [3.05, 3.63) is 57.9 Å². The molecule has 0 atom stereocenters. The fourth-order valence-electron chi connectivity index (χ4n) is 4.69. The molecule has 2 aromatic carbocycles. The topological polar surface area (TPSA) is 61.1 Å². The Hall–Kier alpha value is -3.20. The molecule has 0 amide bonds. The number of benzene rings is 2. The lowest BCUT2D eigenvalue weighted by Crippen LogP contribution is -2.41. The van der Waals surface area contributed by atoms with Crippen LogP contribution in [-0.2, 0) is 12.7 Å². The Bertz CT molecular complexity index is 1250. The molecule has 34 heavy (non-hydrogen) atoms. The predicted octanol–water partition coefficient (Wildman–Crippen LogP) is 6.10. The van der Waals surface area contributed by atoms with Gasteiger partial charge in [-0.3, -0.25) is 9.69 Å². The molecule has 2 heterocycles. The minimum Gasteiger partial charge on any atom is -0.497 e. The second-order valence-corrected chi connectivity index (χ2v) is 8.60. The minimum atomic E-state index is -4.93. The summed E-state index contributed by atoms with van der Waals surface area (Å²) in [5.41, 5.74) is -0.549. The summed E-state index contributed by atoms with van der Waals surface area (Å²) in [4.78, 5) is 15.3. The first-order chi connectivity index (χ1) is 16.3. The third kappa shape index (κ3) is 4.20. The molecular weight excluding hydrogens is 451 g/mol. The maximum atomic E-state index is 14.0. The van der Waals surface area contributed by atoms with Crippen molar-refractivity contribution >= 4 is 11.0 Å². The summed E-state index contributed by atoms with van der Waals surface area (Å²) >= 11 is 0. The van der Waals surface area contributed by atoms with Crippen LogP contribution in [0.5, 0.6) is 23.0 Å². The van der Waals surface area contributed by atoms with Gasteiger partial charge >= 0.3 is 6.18 Å². The van der Waals surface area contributed by atoms with E-state index in [9.17, 15) is 18.0 Å². The molecule has 1 fully saturated rings. The molecule has 1 saturated carbocycles. The first kappa shape index (κ1) is 22.6. The molecule has 0 bridgehead atoms. The van der Waals surface area contributed by atoms with Gasteiger partial charge in [-0.05, 0) is 49.2 Å². The molecule has 0 saturated heterocycles. The van der Waals surface area contributed by atoms with Gasteiger partial charge in [-0.2, -0.15) is 13.2 Å². The van der Waals surface area contributed by atoms with Crippen molar-refractivity contribution in [1.29, 1.82) is 0 Å². The van der Waals surface area contributed by atoms with Crippen LogP contribution in [0.3, 0.4) is 0 Å². The summed E-state index contributed by atoms with van der Waals surface area (Å²) in [7, 11) is 1.47. The molecule has 1 aliphatic carbocycles. The van der Waals surface area contributed by atoms with Crippen molar-refractivity contribution in [3.8, 4) is 23.0 Å². The number of methoxy groups -OCH3 is 1. The number of hydrogen-bond donors (Lipinski definition) is 0. The Morgan fingerprint density at radius 1 is 1.00 bits per heavy atom. The van der Waals surface area contributed by atoms with E-state index in [4.69, 9.17) is 18.6 Å². The van der Waals surface area contributed by atoms with Gasteiger partial charge in [0.2, 0.25) is 11.2 Å². The average molecular weight is 475 g/mol. The normalized spacial score (nSPS) is 17.3. The number of fused-ring (bicyclic) bond motifs is 3. The van der Waals surface area contributed by atoms with Gasteiger partial charge in [0, 0.05) is 12.6 Å². The second-order valence-electron chi connectivity index (χ2n) is 8.60. The number of nitrogens with zero attached hydrogens (tertiary/aromatic N) is 1. The highest BCUT2D eigenvalue weighted by atomic mass is 19.4. The molecule has 0 N–H and O–H groups in total. The number of hydrogen-bond acceptors (Lipinski definition) is 6. The van der Waals surface area contributed by atoms with E-state index in [-0.39, 0.29) is 16.7 Å². The van der Waals surface area contributed by atoms with Gasteiger partial charge in [0.1, 0.15) is 29.6 Å². The van der Waals surface area contributed by atoms with E-state index in [1.807, 2.05) is 0 Å². The molecule has 9 heteroatoms. The SMILES string of the molecule is COc1ccc(Oc2c(C(F)(F)F)oc3c4c(ccc3c2=O)OCN(C2CCCCC2)C4)cc1. The Kier molecular flexibility index (Phi) is 5.89. The van der Waals surface area contributed by atoms with Crippen LogP contribution in [0, 0.1) is 0 Å². The average Bonchev–Trinajstić information content (AvgIpc) is 2.85. The van der Waals surface area contributed by atoms with Crippen LogP contribution in [0.15, 0.2) is 45.6 Å². The standard InChI is InChI=1S/C25H24F3NO5/c1-31-16-7-9-17(10-8-16)33-23-21(30)18-11-12-20-19(22(18)34-24(23)25(26,27)28)13-29(14-32-20)15-5-3-2-4-6-15/h7-12,15H,2-6,13-14H2,1H3. The van der Waals surface area contributed by atoms with Gasteiger partial charge in [0.25, 0.3) is 5.76 Å². The Labute approximate surface area is 193 Å². The smallest absolute Gasteiger partial charge is 0.453 e. The number of alkyl halides is 3. The fraction of sp³-hybridized carbons (Fsp3) is 0.400. The third-order valence-corrected chi connectivity index (χ3v) is 6.45. The summed E-state index contributed by atoms with van der Waals surface area (Å²) in [6, 6.07) is 9.23. The van der Waals surface area contributed by atoms with Crippen molar-refractivity contribution in [2.24, 2.45) is 0 Å². The zero-order chi connectivity index (χ0) is 23.9. The van der Waals surface area contributed by atoms with Crippen LogP contribution in [0.2, 0.25) is 0 Å². The van der Waals surface area contributed by atoms with Crippen molar-refractivity contribution in [1.82, 2.24) is 4.90 Å². The maximum absolute atomic E-state index is 14.0. The van der Waals surface area contributed by atoms with Crippen LogP contribution >= 0.6 is 0 Å². The van der Waals surface area contributed by atoms with E-state index in [1.54, 1.807) is 6.07 Å². The predicted molar refractivity (Wildman–Crippen MR) is 118 cm³/mol. The number of ether oxygens (including phenoxy) is 3. The number of rotatable bonds is 4. The molecule has 1 aliphatic heterocycles. The minimum absolute atomic E-state index is 0.0179. The van der Waals surface area contributed by atoms with E-state index in [0.717, 1.165) is 25.7 Å². The lowest BCUT2D eigenvalue weighted by Gasteiger charge is -2.37. The Morgan fingerprint density at radius 2 is 1.71 bits per heavy atom. The molecule has 6 nitrogen and oxygen atoms in total. The monoisotopic (exact) mass is 475 g/mol. The van der Waals surface area contributed by atoms with Crippen molar-refractivity contribution in [2.75, 3.05) is 13.8 Å². The summed E-state index contributed by atoms with van der Waals surface area (Å²) in [5.74, 6) is -1.37.